The summed E-state index contributed by atoms with van der Waals surface area (Å²) in [5, 5.41) is 15.6. The Morgan fingerprint density at radius 3 is 2.81 bits per heavy atom. The maximum atomic E-state index is 12.0. The van der Waals surface area contributed by atoms with Crippen molar-refractivity contribution in [2.45, 2.75) is 0 Å². The van der Waals surface area contributed by atoms with Crippen LogP contribution in [0.3, 0.4) is 0 Å². The maximum Gasteiger partial charge on any atom is 0.374 e. The van der Waals surface area contributed by atoms with Gasteiger partial charge in [-0.15, -0.1) is 0 Å². The third-order valence-corrected chi connectivity index (χ3v) is 2.85. The molecule has 0 spiro atoms. The van der Waals surface area contributed by atoms with Crippen LogP contribution in [0.25, 0.3) is 10.9 Å². The van der Waals surface area contributed by atoms with E-state index in [0.717, 1.165) is 17.0 Å². The molecule has 0 radical (unpaired) electrons. The lowest BCUT2D eigenvalue weighted by Crippen LogP contribution is -2.12. The van der Waals surface area contributed by atoms with Gasteiger partial charge in [-0.3, -0.25) is 9.78 Å². The second-order valence-electron chi connectivity index (χ2n) is 4.21. The smallest absolute Gasteiger partial charge is 0.374 e. The SMILES string of the molecule is O=C(Nc1cccc2ncccc12)c1cc(C(=O)O)on1. The van der Waals surface area contributed by atoms with E-state index in [4.69, 9.17) is 5.11 Å². The van der Waals surface area contributed by atoms with Crippen molar-refractivity contribution in [3.05, 3.63) is 54.0 Å². The third kappa shape index (κ3) is 2.44. The Balaban J connectivity index is 1.91. The van der Waals surface area contributed by atoms with E-state index in [1.165, 1.54) is 0 Å². The van der Waals surface area contributed by atoms with E-state index in [1.807, 2.05) is 12.1 Å². The number of pyridine rings is 1. The van der Waals surface area contributed by atoms with Crippen LogP contribution in [0.1, 0.15) is 21.0 Å². The molecule has 0 unspecified atom stereocenters. The van der Waals surface area contributed by atoms with Gasteiger partial charge in [0.25, 0.3) is 5.91 Å². The molecule has 0 saturated carbocycles. The lowest BCUT2D eigenvalue weighted by Gasteiger charge is -2.06. The van der Waals surface area contributed by atoms with Crippen LogP contribution in [0.5, 0.6) is 0 Å². The van der Waals surface area contributed by atoms with Crippen LogP contribution in [0.15, 0.2) is 47.1 Å². The monoisotopic (exact) mass is 283 g/mol. The summed E-state index contributed by atoms with van der Waals surface area (Å²) < 4.78 is 4.55. The number of aromatic carboxylic acids is 1. The Morgan fingerprint density at radius 2 is 2.05 bits per heavy atom. The van der Waals surface area contributed by atoms with Gasteiger partial charge in [0, 0.05) is 17.6 Å². The average Bonchev–Trinajstić information content (AvgIpc) is 2.98. The molecule has 3 aromatic rings. The molecule has 1 aromatic carbocycles. The fourth-order valence-electron chi connectivity index (χ4n) is 1.88. The predicted molar refractivity (Wildman–Crippen MR) is 73.2 cm³/mol. The largest absolute Gasteiger partial charge is 0.475 e. The number of nitrogens with one attached hydrogen (secondary N) is 1. The summed E-state index contributed by atoms with van der Waals surface area (Å²) in [6, 6.07) is 9.96. The van der Waals surface area contributed by atoms with Gasteiger partial charge < -0.3 is 14.9 Å². The Morgan fingerprint density at radius 1 is 1.19 bits per heavy atom. The summed E-state index contributed by atoms with van der Waals surface area (Å²) in [7, 11) is 0. The number of fused-ring (bicyclic) bond motifs is 1. The molecule has 3 rings (SSSR count). The number of carboxylic acid groups (broad SMARTS) is 1. The van der Waals surface area contributed by atoms with Gasteiger partial charge in [0.15, 0.2) is 5.69 Å². The summed E-state index contributed by atoms with van der Waals surface area (Å²) in [6.45, 7) is 0. The number of nitrogens with zero attached hydrogens (tertiary/aromatic N) is 2. The second kappa shape index (κ2) is 5.04. The van der Waals surface area contributed by atoms with Crippen LogP contribution in [0.2, 0.25) is 0 Å². The normalized spacial score (nSPS) is 10.5. The van der Waals surface area contributed by atoms with Crippen molar-refractivity contribution in [2.75, 3.05) is 5.32 Å². The number of carbonyl (C=O) groups excluding carboxylic acids is 1. The van der Waals surface area contributed by atoms with E-state index in [-0.39, 0.29) is 11.5 Å². The van der Waals surface area contributed by atoms with Gasteiger partial charge in [-0.2, -0.15) is 0 Å². The number of benzene rings is 1. The minimum atomic E-state index is -1.28. The second-order valence-corrected chi connectivity index (χ2v) is 4.21. The molecule has 7 heteroatoms. The molecule has 7 nitrogen and oxygen atoms in total. The van der Waals surface area contributed by atoms with Gasteiger partial charge in [-0.05, 0) is 24.3 Å². The molecule has 0 bridgehead atoms. The van der Waals surface area contributed by atoms with Gasteiger partial charge in [0.05, 0.1) is 11.2 Å². The van der Waals surface area contributed by atoms with Crippen molar-refractivity contribution in [3.8, 4) is 0 Å². The van der Waals surface area contributed by atoms with Crippen molar-refractivity contribution in [1.29, 1.82) is 0 Å². The van der Waals surface area contributed by atoms with E-state index < -0.39 is 11.9 Å². The Kier molecular flexibility index (Phi) is 3.07. The van der Waals surface area contributed by atoms with Crippen molar-refractivity contribution in [1.82, 2.24) is 10.1 Å². The number of anilines is 1. The van der Waals surface area contributed by atoms with Gasteiger partial charge in [-0.1, -0.05) is 11.2 Å². The van der Waals surface area contributed by atoms with E-state index in [1.54, 1.807) is 24.4 Å². The molecule has 2 heterocycles. The Labute approximate surface area is 118 Å². The zero-order valence-corrected chi connectivity index (χ0v) is 10.6. The molecule has 1 amide bonds. The standard InChI is InChI=1S/C14H9N3O4/c18-13(11-7-12(14(19)20)21-17-11)16-10-5-1-4-9-8(10)3-2-6-15-9/h1-7H,(H,16,18)(H,19,20). The summed E-state index contributed by atoms with van der Waals surface area (Å²) in [4.78, 5) is 26.9. The molecule has 104 valence electrons. The molecular formula is C14H9N3O4. The molecule has 0 aliphatic rings. The molecule has 2 N–H and O–H groups in total. The Bertz CT molecular complexity index is 836. The van der Waals surface area contributed by atoms with Crippen LogP contribution in [-0.4, -0.2) is 27.1 Å². The summed E-state index contributed by atoms with van der Waals surface area (Å²) >= 11 is 0. The van der Waals surface area contributed by atoms with Gasteiger partial charge in [-0.25, -0.2) is 4.79 Å². The number of rotatable bonds is 3. The van der Waals surface area contributed by atoms with Crippen molar-refractivity contribution in [3.63, 3.8) is 0 Å². The van der Waals surface area contributed by atoms with Crippen LogP contribution in [0.4, 0.5) is 5.69 Å². The molecule has 2 aromatic heterocycles. The van der Waals surface area contributed by atoms with E-state index in [0.29, 0.717) is 5.69 Å². The van der Waals surface area contributed by atoms with Crippen molar-refractivity contribution in [2.24, 2.45) is 0 Å². The lowest BCUT2D eigenvalue weighted by atomic mass is 10.2. The molecule has 21 heavy (non-hydrogen) atoms. The number of carbonyl (C=O) groups is 2. The zero-order valence-electron chi connectivity index (χ0n) is 10.6. The number of hydrogen-bond donors (Lipinski definition) is 2. The number of hydrogen-bond acceptors (Lipinski definition) is 5. The fraction of sp³-hybridized carbons (Fsp3) is 0. The highest BCUT2D eigenvalue weighted by Gasteiger charge is 2.17. The summed E-state index contributed by atoms with van der Waals surface area (Å²) in [5.74, 6) is -2.22. The Hall–Kier alpha value is -3.22. The summed E-state index contributed by atoms with van der Waals surface area (Å²) in [5.41, 5.74) is 1.19. The van der Waals surface area contributed by atoms with Gasteiger partial charge in [0.2, 0.25) is 5.76 Å². The first-order chi connectivity index (χ1) is 10.1. The first-order valence-electron chi connectivity index (χ1n) is 6.00. The minimum absolute atomic E-state index is 0.103. The highest BCUT2D eigenvalue weighted by molar-refractivity contribution is 6.08. The highest BCUT2D eigenvalue weighted by atomic mass is 16.5. The van der Waals surface area contributed by atoms with Crippen LogP contribution < -0.4 is 5.32 Å². The van der Waals surface area contributed by atoms with Crippen LogP contribution in [-0.2, 0) is 0 Å². The number of carboxylic acids is 1. The molecule has 0 saturated heterocycles. The zero-order chi connectivity index (χ0) is 14.8. The van der Waals surface area contributed by atoms with E-state index in [9.17, 15) is 9.59 Å². The molecule has 0 aliphatic carbocycles. The molecule has 0 atom stereocenters. The molecular weight excluding hydrogens is 274 g/mol. The lowest BCUT2D eigenvalue weighted by molar-refractivity contribution is 0.0651. The number of aromatic nitrogens is 2. The fourth-order valence-corrected chi connectivity index (χ4v) is 1.88. The minimum Gasteiger partial charge on any atom is -0.475 e. The highest BCUT2D eigenvalue weighted by Crippen LogP contribution is 2.21. The third-order valence-electron chi connectivity index (χ3n) is 2.85. The molecule has 0 aliphatic heterocycles. The van der Waals surface area contributed by atoms with Crippen LogP contribution in [0, 0.1) is 0 Å². The van der Waals surface area contributed by atoms with Crippen molar-refractivity contribution < 1.29 is 19.2 Å². The first-order valence-corrected chi connectivity index (χ1v) is 6.00. The first kappa shape index (κ1) is 12.8. The summed E-state index contributed by atoms with van der Waals surface area (Å²) in [6.07, 6.45) is 1.66. The van der Waals surface area contributed by atoms with Gasteiger partial charge in [0.1, 0.15) is 0 Å². The predicted octanol–water partition coefficient (Wildman–Crippen LogP) is 2.17. The van der Waals surface area contributed by atoms with Crippen LogP contribution >= 0.6 is 0 Å². The topological polar surface area (TPSA) is 105 Å². The van der Waals surface area contributed by atoms with E-state index in [2.05, 4.69) is 20.0 Å². The average molecular weight is 283 g/mol. The number of amides is 1. The van der Waals surface area contributed by atoms with E-state index >= 15 is 0 Å². The quantitative estimate of drug-likeness (QED) is 0.763. The molecule has 0 fully saturated rings. The maximum absolute atomic E-state index is 12.0. The van der Waals surface area contributed by atoms with Gasteiger partial charge >= 0.3 is 5.97 Å². The van der Waals surface area contributed by atoms with Crippen molar-refractivity contribution >= 4 is 28.5 Å².